The predicted molar refractivity (Wildman–Crippen MR) is 75.7 cm³/mol. The summed E-state index contributed by atoms with van der Waals surface area (Å²) >= 11 is 8.19. The van der Waals surface area contributed by atoms with Crippen LogP contribution in [0.1, 0.15) is 28.6 Å². The second kappa shape index (κ2) is 5.46. The molecule has 0 aliphatic rings. The molecule has 0 unspecified atom stereocenters. The monoisotopic (exact) mass is 376 g/mol. The molecule has 0 aromatic carbocycles. The summed E-state index contributed by atoms with van der Waals surface area (Å²) in [6, 6.07) is 1.83. The smallest absolute Gasteiger partial charge is 0.206 e. The summed E-state index contributed by atoms with van der Waals surface area (Å²) in [5.41, 5.74) is 0.639. The van der Waals surface area contributed by atoms with Crippen molar-refractivity contribution in [3.8, 4) is 0 Å². The molecule has 3 nitrogen and oxygen atoms in total. The third-order valence-corrected chi connectivity index (χ3v) is 5.47. The van der Waals surface area contributed by atoms with Crippen LogP contribution in [0.5, 0.6) is 0 Å². The summed E-state index contributed by atoms with van der Waals surface area (Å²) in [4.78, 5) is 12.9. The van der Waals surface area contributed by atoms with Crippen LogP contribution in [0.2, 0.25) is 0 Å². The van der Waals surface area contributed by atoms with Crippen molar-refractivity contribution in [2.45, 2.75) is 19.9 Å². The van der Waals surface area contributed by atoms with Crippen molar-refractivity contribution < 1.29 is 4.79 Å². The van der Waals surface area contributed by atoms with Gasteiger partial charge in [0, 0.05) is 17.2 Å². The van der Waals surface area contributed by atoms with Gasteiger partial charge in [-0.25, -0.2) is 0 Å². The highest BCUT2D eigenvalue weighted by Gasteiger charge is 2.15. The van der Waals surface area contributed by atoms with Gasteiger partial charge in [0.25, 0.3) is 0 Å². The minimum absolute atomic E-state index is 0.0174. The number of hydrogen-bond donors (Lipinski definition) is 0. The molecule has 2 aromatic heterocycles. The molecule has 2 rings (SSSR count). The first-order valence-corrected chi connectivity index (χ1v) is 7.54. The van der Waals surface area contributed by atoms with Gasteiger partial charge < -0.3 is 0 Å². The fourth-order valence-corrected chi connectivity index (χ4v) is 3.43. The zero-order chi connectivity index (χ0) is 12.4. The van der Waals surface area contributed by atoms with Crippen LogP contribution in [-0.2, 0) is 6.54 Å². The summed E-state index contributed by atoms with van der Waals surface area (Å²) < 4.78 is 3.64. The van der Waals surface area contributed by atoms with Gasteiger partial charge >= 0.3 is 0 Å². The summed E-state index contributed by atoms with van der Waals surface area (Å²) in [7, 11) is 0. The van der Waals surface area contributed by atoms with Gasteiger partial charge in [0.2, 0.25) is 5.78 Å². The largest absolute Gasteiger partial charge is 0.288 e. The Kier molecular flexibility index (Phi) is 4.17. The Morgan fingerprint density at radius 2 is 2.29 bits per heavy atom. The van der Waals surface area contributed by atoms with Crippen molar-refractivity contribution in [2.24, 2.45) is 0 Å². The zero-order valence-corrected chi connectivity index (χ0v) is 13.1. The third-order valence-electron chi connectivity index (χ3n) is 2.22. The van der Waals surface area contributed by atoms with E-state index < -0.39 is 0 Å². The number of thiophene rings is 1. The van der Waals surface area contributed by atoms with Crippen molar-refractivity contribution in [3.05, 3.63) is 37.2 Å². The molecule has 6 heteroatoms. The zero-order valence-electron chi connectivity index (χ0n) is 9.11. The van der Waals surface area contributed by atoms with E-state index in [1.165, 1.54) is 11.3 Å². The van der Waals surface area contributed by atoms with Crippen molar-refractivity contribution in [2.75, 3.05) is 0 Å². The van der Waals surface area contributed by atoms with Crippen LogP contribution in [0.4, 0.5) is 0 Å². The molecule has 17 heavy (non-hydrogen) atoms. The Hall–Kier alpha value is -0.460. The topological polar surface area (TPSA) is 34.9 Å². The fraction of sp³-hybridized carbons (Fsp3) is 0.273. The number of carbonyl (C=O) groups excluding carboxylic acids is 1. The lowest BCUT2D eigenvalue weighted by Crippen LogP contribution is -1.98. The third kappa shape index (κ3) is 2.86. The van der Waals surface area contributed by atoms with Gasteiger partial charge in [-0.2, -0.15) is 5.10 Å². The summed E-state index contributed by atoms with van der Waals surface area (Å²) in [6.07, 6.45) is 4.43. The van der Waals surface area contributed by atoms with Crippen LogP contribution in [0.3, 0.4) is 0 Å². The van der Waals surface area contributed by atoms with E-state index >= 15 is 0 Å². The molecule has 0 bridgehead atoms. The molecular weight excluding hydrogens is 368 g/mol. The Balaban J connectivity index is 2.24. The minimum atomic E-state index is 0.0174. The van der Waals surface area contributed by atoms with E-state index in [-0.39, 0.29) is 5.78 Å². The highest BCUT2D eigenvalue weighted by Crippen LogP contribution is 2.33. The Morgan fingerprint density at radius 3 is 2.88 bits per heavy atom. The van der Waals surface area contributed by atoms with Crippen LogP contribution in [0.15, 0.2) is 26.7 Å². The van der Waals surface area contributed by atoms with Crippen molar-refractivity contribution in [3.63, 3.8) is 0 Å². The van der Waals surface area contributed by atoms with Crippen LogP contribution in [0, 0.1) is 0 Å². The predicted octanol–water partition coefficient (Wildman–Crippen LogP) is 4.11. The maximum absolute atomic E-state index is 12.1. The molecule has 90 valence electrons. The molecule has 0 aliphatic carbocycles. The van der Waals surface area contributed by atoms with E-state index in [1.54, 1.807) is 17.1 Å². The second-order valence-electron chi connectivity index (χ2n) is 3.55. The standard InChI is InChI=1S/C11H10Br2N2OS/c1-2-3-15-6-7(5-14-15)10(16)9-4-8(12)11(13)17-9/h4-6H,2-3H2,1H3. The summed E-state index contributed by atoms with van der Waals surface area (Å²) in [6.45, 7) is 2.92. The number of rotatable bonds is 4. The first-order valence-electron chi connectivity index (χ1n) is 5.13. The number of hydrogen-bond acceptors (Lipinski definition) is 3. The maximum Gasteiger partial charge on any atom is 0.206 e. The van der Waals surface area contributed by atoms with Crippen LogP contribution in [0.25, 0.3) is 0 Å². The molecule has 0 aliphatic heterocycles. The molecule has 0 spiro atoms. The molecule has 2 heterocycles. The van der Waals surface area contributed by atoms with E-state index in [0.29, 0.717) is 10.4 Å². The average molecular weight is 378 g/mol. The van der Waals surface area contributed by atoms with Crippen LogP contribution in [-0.4, -0.2) is 15.6 Å². The van der Waals surface area contributed by atoms with Crippen molar-refractivity contribution in [1.82, 2.24) is 9.78 Å². The molecule has 0 radical (unpaired) electrons. The Bertz CT molecular complexity index is 528. The highest BCUT2D eigenvalue weighted by atomic mass is 79.9. The fourth-order valence-electron chi connectivity index (χ4n) is 1.43. The quantitative estimate of drug-likeness (QED) is 0.751. The Labute approximate surface area is 120 Å². The Morgan fingerprint density at radius 1 is 1.53 bits per heavy atom. The van der Waals surface area contributed by atoms with E-state index in [0.717, 1.165) is 21.2 Å². The van der Waals surface area contributed by atoms with Gasteiger partial charge in [-0.05, 0) is 44.3 Å². The van der Waals surface area contributed by atoms with E-state index in [4.69, 9.17) is 0 Å². The van der Waals surface area contributed by atoms with Gasteiger partial charge in [-0.3, -0.25) is 9.48 Å². The van der Waals surface area contributed by atoms with E-state index in [9.17, 15) is 4.79 Å². The second-order valence-corrected chi connectivity index (χ2v) is 6.78. The van der Waals surface area contributed by atoms with E-state index in [1.807, 2.05) is 6.07 Å². The number of ketones is 1. The average Bonchev–Trinajstić information content (AvgIpc) is 2.87. The lowest BCUT2D eigenvalue weighted by Gasteiger charge is -1.95. The first-order chi connectivity index (χ1) is 8.11. The van der Waals surface area contributed by atoms with Crippen molar-refractivity contribution >= 4 is 49.0 Å². The normalized spacial score (nSPS) is 10.8. The van der Waals surface area contributed by atoms with Gasteiger partial charge in [-0.15, -0.1) is 11.3 Å². The minimum Gasteiger partial charge on any atom is -0.288 e. The highest BCUT2D eigenvalue weighted by molar-refractivity contribution is 9.13. The van der Waals surface area contributed by atoms with E-state index in [2.05, 4.69) is 43.9 Å². The molecule has 2 aromatic rings. The number of aromatic nitrogens is 2. The van der Waals surface area contributed by atoms with Crippen LogP contribution < -0.4 is 0 Å². The maximum atomic E-state index is 12.1. The number of nitrogens with zero attached hydrogens (tertiary/aromatic N) is 2. The molecule has 0 N–H and O–H groups in total. The lowest BCUT2D eigenvalue weighted by atomic mass is 10.2. The number of aryl methyl sites for hydroxylation is 1. The van der Waals surface area contributed by atoms with Gasteiger partial charge in [0.05, 0.1) is 20.4 Å². The molecule has 0 atom stereocenters. The van der Waals surface area contributed by atoms with Gasteiger partial charge in [0.15, 0.2) is 0 Å². The SMILES string of the molecule is CCCn1cc(C(=O)c2cc(Br)c(Br)s2)cn1. The lowest BCUT2D eigenvalue weighted by molar-refractivity contribution is 0.104. The van der Waals surface area contributed by atoms with Gasteiger partial charge in [-0.1, -0.05) is 6.92 Å². The molecule has 0 amide bonds. The summed E-state index contributed by atoms with van der Waals surface area (Å²) in [5.74, 6) is 0.0174. The van der Waals surface area contributed by atoms with Gasteiger partial charge in [0.1, 0.15) is 0 Å². The van der Waals surface area contributed by atoms with Crippen LogP contribution >= 0.6 is 43.2 Å². The first kappa shape index (κ1) is 13.0. The summed E-state index contributed by atoms with van der Waals surface area (Å²) in [5, 5.41) is 4.16. The number of carbonyl (C=O) groups is 1. The number of halogens is 2. The molecule has 0 saturated carbocycles. The van der Waals surface area contributed by atoms with Crippen molar-refractivity contribution in [1.29, 1.82) is 0 Å². The molecule has 0 fully saturated rings. The molecule has 0 saturated heterocycles. The molecular formula is C11H10Br2N2OS.